The van der Waals surface area contributed by atoms with Crippen LogP contribution in [0.3, 0.4) is 0 Å². The second-order valence-corrected chi connectivity index (χ2v) is 7.82. The number of alkyl halides is 3. The molecule has 15 heteroatoms. The van der Waals surface area contributed by atoms with Gasteiger partial charge in [-0.25, -0.2) is 9.59 Å². The van der Waals surface area contributed by atoms with Gasteiger partial charge in [-0.1, -0.05) is 11.6 Å². The molecule has 1 N–H and O–H groups in total. The minimum Gasteiger partial charge on any atom is -0.502 e. The number of rotatable bonds is 11. The molecule has 2 aromatic carbocycles. The molecule has 2 unspecified atom stereocenters. The van der Waals surface area contributed by atoms with E-state index in [1.807, 2.05) is 0 Å². The summed E-state index contributed by atoms with van der Waals surface area (Å²) in [5.41, 5.74) is 0.664. The molecule has 0 aromatic heterocycles. The van der Waals surface area contributed by atoms with Crippen LogP contribution in [0.25, 0.3) is 5.70 Å². The Balaban J connectivity index is 2.30. The minimum absolute atomic E-state index is 0.0320. The van der Waals surface area contributed by atoms with Crippen molar-refractivity contribution in [1.82, 2.24) is 5.48 Å². The summed E-state index contributed by atoms with van der Waals surface area (Å²) in [4.78, 5) is 39.7. The van der Waals surface area contributed by atoms with Gasteiger partial charge in [-0.15, -0.1) is 0 Å². The lowest BCUT2D eigenvalue weighted by Gasteiger charge is -2.18. The first-order valence-electron chi connectivity index (χ1n) is 10.5. The number of ether oxygens (including phenoxy) is 4. The molecule has 0 heterocycles. The summed E-state index contributed by atoms with van der Waals surface area (Å²) in [7, 11) is 2.36. The highest BCUT2D eigenvalue weighted by molar-refractivity contribution is 6.32. The van der Waals surface area contributed by atoms with Crippen LogP contribution < -0.4 is 10.2 Å². The molecule has 38 heavy (non-hydrogen) atoms. The SMILES string of the molecule is COC=C(NOC(C)C(=O)OC(C)C(=O)OC)c1cc(Oc2ccc(C(F)(F)F)cc2Cl)ccc1[N+](=O)[O-]. The zero-order chi connectivity index (χ0) is 28.6. The summed E-state index contributed by atoms with van der Waals surface area (Å²) in [5.74, 6) is -1.91. The molecule has 0 spiro atoms. The molecule has 0 radical (unpaired) electrons. The molecule has 0 amide bonds. The van der Waals surface area contributed by atoms with Crippen LogP contribution in [0.2, 0.25) is 5.02 Å². The van der Waals surface area contributed by atoms with E-state index < -0.39 is 46.5 Å². The van der Waals surface area contributed by atoms with E-state index in [2.05, 4.69) is 10.2 Å². The van der Waals surface area contributed by atoms with Gasteiger partial charge in [0.25, 0.3) is 5.69 Å². The van der Waals surface area contributed by atoms with Gasteiger partial charge in [0, 0.05) is 6.07 Å². The first-order chi connectivity index (χ1) is 17.8. The molecule has 11 nitrogen and oxygen atoms in total. The summed E-state index contributed by atoms with van der Waals surface area (Å²) in [6, 6.07) is 5.90. The van der Waals surface area contributed by atoms with Gasteiger partial charge in [0.05, 0.1) is 35.3 Å². The van der Waals surface area contributed by atoms with Gasteiger partial charge in [-0.3, -0.25) is 20.4 Å². The lowest BCUT2D eigenvalue weighted by Crippen LogP contribution is -2.34. The topological polar surface area (TPSA) is 135 Å². The van der Waals surface area contributed by atoms with Crippen molar-refractivity contribution in [2.75, 3.05) is 14.2 Å². The average molecular weight is 563 g/mol. The molecule has 2 rings (SSSR count). The zero-order valence-corrected chi connectivity index (χ0v) is 21.1. The Morgan fingerprint density at radius 1 is 1.08 bits per heavy atom. The summed E-state index contributed by atoms with van der Waals surface area (Å²) in [6.45, 7) is 2.57. The van der Waals surface area contributed by atoms with Gasteiger partial charge in [-0.05, 0) is 44.2 Å². The fraction of sp³-hybridized carbons (Fsp3) is 0.304. The second-order valence-electron chi connectivity index (χ2n) is 7.41. The standard InChI is InChI=1S/C23H22ClF3N2O9/c1-12(21(30)35-4)36-22(31)13(2)38-28-18(11-34-3)16-10-15(6-7-19(16)29(32)33)37-20-8-5-14(9-17(20)24)23(25,26)27/h5-13,28H,1-4H3. The van der Waals surface area contributed by atoms with Crippen LogP contribution in [0.4, 0.5) is 18.9 Å². The first-order valence-corrected chi connectivity index (χ1v) is 10.9. The molecule has 0 aliphatic rings. The Hall–Kier alpha value is -4.04. The van der Waals surface area contributed by atoms with E-state index in [1.165, 1.54) is 33.1 Å². The van der Waals surface area contributed by atoms with E-state index in [1.54, 1.807) is 0 Å². The van der Waals surface area contributed by atoms with Gasteiger partial charge in [0.1, 0.15) is 23.5 Å². The van der Waals surface area contributed by atoms with Crippen LogP contribution in [-0.4, -0.2) is 43.3 Å². The smallest absolute Gasteiger partial charge is 0.416 e. The normalized spacial score (nSPS) is 13.2. The number of halogens is 4. The Bertz CT molecular complexity index is 1220. The Morgan fingerprint density at radius 3 is 2.32 bits per heavy atom. The fourth-order valence-electron chi connectivity index (χ4n) is 2.78. The van der Waals surface area contributed by atoms with E-state index in [0.717, 1.165) is 31.6 Å². The molecular formula is C23H22ClF3N2O9. The van der Waals surface area contributed by atoms with E-state index >= 15 is 0 Å². The number of nitrogens with zero attached hydrogens (tertiary/aromatic N) is 1. The van der Waals surface area contributed by atoms with Crippen molar-refractivity contribution < 1.29 is 51.5 Å². The predicted molar refractivity (Wildman–Crippen MR) is 126 cm³/mol. The summed E-state index contributed by atoms with van der Waals surface area (Å²) >= 11 is 5.93. The van der Waals surface area contributed by atoms with E-state index in [-0.39, 0.29) is 27.8 Å². The van der Waals surface area contributed by atoms with E-state index in [0.29, 0.717) is 6.07 Å². The molecule has 0 bridgehead atoms. The highest BCUT2D eigenvalue weighted by Crippen LogP contribution is 2.38. The highest BCUT2D eigenvalue weighted by atomic mass is 35.5. The quantitative estimate of drug-likeness (QED) is 0.172. The fourth-order valence-corrected chi connectivity index (χ4v) is 3.00. The highest BCUT2D eigenvalue weighted by Gasteiger charge is 2.31. The third-order valence-corrected chi connectivity index (χ3v) is 4.98. The Morgan fingerprint density at radius 2 is 1.76 bits per heavy atom. The number of nitro benzene ring substituents is 1. The third-order valence-electron chi connectivity index (χ3n) is 4.68. The van der Waals surface area contributed by atoms with Gasteiger partial charge < -0.3 is 18.9 Å². The van der Waals surface area contributed by atoms with Crippen molar-refractivity contribution in [3.63, 3.8) is 0 Å². The second kappa shape index (κ2) is 13.0. The number of hydrogen-bond donors (Lipinski definition) is 1. The lowest BCUT2D eigenvalue weighted by atomic mass is 10.1. The zero-order valence-electron chi connectivity index (χ0n) is 20.3. The van der Waals surface area contributed by atoms with Crippen LogP contribution in [0.15, 0.2) is 42.7 Å². The predicted octanol–water partition coefficient (Wildman–Crippen LogP) is 5.02. The van der Waals surface area contributed by atoms with Crippen LogP contribution in [-0.2, 0) is 34.8 Å². The third kappa shape index (κ3) is 7.98. The van der Waals surface area contributed by atoms with Gasteiger partial charge in [0.2, 0.25) is 0 Å². The molecule has 2 aromatic rings. The molecule has 0 saturated heterocycles. The Kier molecular flexibility index (Phi) is 10.3. The minimum atomic E-state index is -4.62. The molecular weight excluding hydrogens is 541 g/mol. The van der Waals surface area contributed by atoms with Crippen LogP contribution in [0.5, 0.6) is 11.5 Å². The number of carbonyl (C=O) groups excluding carboxylic acids is 2. The van der Waals surface area contributed by atoms with Gasteiger partial charge in [-0.2, -0.15) is 13.2 Å². The van der Waals surface area contributed by atoms with Crippen molar-refractivity contribution in [3.8, 4) is 11.5 Å². The molecule has 0 aliphatic heterocycles. The molecule has 0 aliphatic carbocycles. The van der Waals surface area contributed by atoms with Crippen molar-refractivity contribution in [2.45, 2.75) is 32.2 Å². The number of esters is 2. The largest absolute Gasteiger partial charge is 0.502 e. The van der Waals surface area contributed by atoms with E-state index in [4.69, 9.17) is 30.6 Å². The number of benzene rings is 2. The maximum Gasteiger partial charge on any atom is 0.416 e. The van der Waals surface area contributed by atoms with E-state index in [9.17, 15) is 32.9 Å². The maximum atomic E-state index is 12.9. The number of methoxy groups -OCH3 is 2. The van der Waals surface area contributed by atoms with Crippen molar-refractivity contribution in [2.24, 2.45) is 0 Å². The van der Waals surface area contributed by atoms with Gasteiger partial charge >= 0.3 is 18.1 Å². The summed E-state index contributed by atoms with van der Waals surface area (Å²) in [6.07, 6.45) is -6.09. The summed E-state index contributed by atoms with van der Waals surface area (Å²) < 4.78 is 58.6. The molecule has 206 valence electrons. The molecule has 0 fully saturated rings. The monoisotopic (exact) mass is 562 g/mol. The first kappa shape index (κ1) is 30.2. The number of nitrogens with one attached hydrogen (secondary N) is 1. The molecule has 0 saturated carbocycles. The number of hydrogen-bond acceptors (Lipinski definition) is 10. The van der Waals surface area contributed by atoms with Crippen LogP contribution in [0, 0.1) is 10.1 Å². The van der Waals surface area contributed by atoms with Crippen LogP contribution >= 0.6 is 11.6 Å². The number of carbonyl (C=O) groups is 2. The van der Waals surface area contributed by atoms with Gasteiger partial charge in [0.15, 0.2) is 12.2 Å². The number of hydroxylamine groups is 1. The van der Waals surface area contributed by atoms with Crippen molar-refractivity contribution in [1.29, 1.82) is 0 Å². The maximum absolute atomic E-state index is 12.9. The summed E-state index contributed by atoms with van der Waals surface area (Å²) in [5, 5.41) is 11.3. The molecule has 2 atom stereocenters. The average Bonchev–Trinajstić information content (AvgIpc) is 2.86. The van der Waals surface area contributed by atoms with Crippen molar-refractivity contribution >= 4 is 34.9 Å². The van der Waals surface area contributed by atoms with Crippen LogP contribution in [0.1, 0.15) is 25.0 Å². The van der Waals surface area contributed by atoms with Crippen molar-refractivity contribution in [3.05, 3.63) is 68.9 Å². The lowest BCUT2D eigenvalue weighted by molar-refractivity contribution is -0.385. The number of nitro groups is 1. The Labute approximate surface area is 219 Å².